The molecule has 0 radical (unpaired) electrons. The molecule has 2 nitrogen and oxygen atoms in total. The zero-order valence-corrected chi connectivity index (χ0v) is 14.4. The van der Waals surface area contributed by atoms with Gasteiger partial charge in [0.25, 0.3) is 0 Å². The predicted molar refractivity (Wildman–Crippen MR) is 106 cm³/mol. The van der Waals surface area contributed by atoms with E-state index in [4.69, 9.17) is 4.74 Å². The maximum Gasteiger partial charge on any atom is 0.151 e. The van der Waals surface area contributed by atoms with E-state index in [2.05, 4.69) is 23.5 Å². The van der Waals surface area contributed by atoms with Gasteiger partial charge in [0.05, 0.1) is 11.4 Å². The van der Waals surface area contributed by atoms with E-state index in [9.17, 15) is 0 Å². The van der Waals surface area contributed by atoms with Crippen LogP contribution in [0.4, 0.5) is 11.4 Å². The summed E-state index contributed by atoms with van der Waals surface area (Å²) in [5, 5.41) is 7.57. The first-order valence-corrected chi connectivity index (χ1v) is 9.05. The van der Waals surface area contributed by atoms with Crippen LogP contribution in [0.5, 0.6) is 11.5 Å². The predicted octanol–water partition coefficient (Wildman–Crippen LogP) is 6.95. The van der Waals surface area contributed by atoms with Gasteiger partial charge in [-0.2, -0.15) is 11.3 Å². The summed E-state index contributed by atoms with van der Waals surface area (Å²) >= 11 is 1.71. The van der Waals surface area contributed by atoms with E-state index in [1.54, 1.807) is 11.3 Å². The molecule has 3 heteroatoms. The molecule has 0 amide bonds. The minimum absolute atomic E-state index is 0.866. The molecule has 1 aliphatic rings. The molecule has 0 aliphatic carbocycles. The van der Waals surface area contributed by atoms with Crippen LogP contribution in [0.15, 0.2) is 95.7 Å². The summed E-state index contributed by atoms with van der Waals surface area (Å²) < 4.78 is 5.98. The Morgan fingerprint density at radius 3 is 2.12 bits per heavy atom. The quantitative estimate of drug-likeness (QED) is 0.355. The average molecular weight is 343 g/mol. The first-order valence-electron chi connectivity index (χ1n) is 8.11. The van der Waals surface area contributed by atoms with Crippen LogP contribution in [0.25, 0.3) is 11.1 Å². The van der Waals surface area contributed by atoms with E-state index in [1.807, 2.05) is 77.5 Å². The molecule has 4 aromatic rings. The molecule has 0 unspecified atom stereocenters. The molecular formula is C22H17NOS. The van der Waals surface area contributed by atoms with Gasteiger partial charge in [0.2, 0.25) is 0 Å². The summed E-state index contributed by atoms with van der Waals surface area (Å²) in [4.78, 5) is 0. The summed E-state index contributed by atoms with van der Waals surface area (Å²) in [5.41, 5.74) is 4.36. The van der Waals surface area contributed by atoms with E-state index in [-0.39, 0.29) is 0 Å². The van der Waals surface area contributed by atoms with Crippen LogP contribution in [-0.2, 0) is 0 Å². The highest BCUT2D eigenvalue weighted by atomic mass is 32.1. The third kappa shape index (κ3) is 3.42. The van der Waals surface area contributed by atoms with E-state index < -0.39 is 0 Å². The summed E-state index contributed by atoms with van der Waals surface area (Å²) in [5.74, 6) is 1.73. The van der Waals surface area contributed by atoms with Gasteiger partial charge < -0.3 is 10.1 Å². The number of nitrogens with one attached hydrogen (secondary N) is 1. The summed E-state index contributed by atoms with van der Waals surface area (Å²) in [6.45, 7) is 0. The van der Waals surface area contributed by atoms with Gasteiger partial charge in [0, 0.05) is 5.56 Å². The van der Waals surface area contributed by atoms with Gasteiger partial charge in [-0.3, -0.25) is 0 Å². The molecule has 0 spiro atoms. The molecule has 1 aromatic heterocycles. The van der Waals surface area contributed by atoms with Crippen LogP contribution in [0.3, 0.4) is 0 Å². The standard InChI is InChI=1S/C18H13NO.C4H4S/c1-2-7-13(8-3-1)14-9-6-12-17-18(14)19-15-10-4-5-11-16(15)20-17;1-2-4-5-3-1/h1-12,19H;1-4H. The second kappa shape index (κ2) is 7.24. The van der Waals surface area contributed by atoms with Gasteiger partial charge in [-0.25, -0.2) is 0 Å². The van der Waals surface area contributed by atoms with Crippen molar-refractivity contribution in [1.29, 1.82) is 0 Å². The highest BCUT2D eigenvalue weighted by Crippen LogP contribution is 2.46. The van der Waals surface area contributed by atoms with Crippen molar-refractivity contribution in [2.75, 3.05) is 5.32 Å². The minimum atomic E-state index is 0.866. The van der Waals surface area contributed by atoms with E-state index >= 15 is 0 Å². The van der Waals surface area contributed by atoms with E-state index in [0.717, 1.165) is 28.4 Å². The Morgan fingerprint density at radius 1 is 0.640 bits per heavy atom. The summed E-state index contributed by atoms with van der Waals surface area (Å²) in [6.07, 6.45) is 0. The average Bonchev–Trinajstić information content (AvgIpc) is 3.27. The monoisotopic (exact) mass is 343 g/mol. The Hall–Kier alpha value is -3.04. The van der Waals surface area contributed by atoms with Crippen molar-refractivity contribution < 1.29 is 4.74 Å². The van der Waals surface area contributed by atoms with Crippen molar-refractivity contribution in [2.24, 2.45) is 0 Å². The lowest BCUT2D eigenvalue weighted by molar-refractivity contribution is 0.481. The van der Waals surface area contributed by atoms with Crippen molar-refractivity contribution in [2.45, 2.75) is 0 Å². The molecule has 5 rings (SSSR count). The Labute approximate surface area is 151 Å². The zero-order chi connectivity index (χ0) is 16.9. The van der Waals surface area contributed by atoms with Crippen LogP contribution >= 0.6 is 11.3 Å². The molecule has 0 saturated carbocycles. The van der Waals surface area contributed by atoms with Gasteiger partial charge in [-0.1, -0.05) is 66.7 Å². The van der Waals surface area contributed by atoms with Crippen molar-refractivity contribution >= 4 is 22.7 Å². The number of anilines is 2. The Balaban J connectivity index is 0.000000272. The molecule has 0 saturated heterocycles. The minimum Gasteiger partial charge on any atom is -0.453 e. The maximum absolute atomic E-state index is 5.98. The first kappa shape index (κ1) is 15.5. The van der Waals surface area contributed by atoms with Crippen molar-refractivity contribution in [3.05, 3.63) is 95.7 Å². The van der Waals surface area contributed by atoms with Crippen LogP contribution < -0.4 is 10.1 Å². The molecule has 0 bridgehead atoms. The first-order chi connectivity index (χ1) is 12.4. The zero-order valence-electron chi connectivity index (χ0n) is 13.6. The number of fused-ring (bicyclic) bond motifs is 2. The highest BCUT2D eigenvalue weighted by molar-refractivity contribution is 7.07. The number of rotatable bonds is 1. The lowest BCUT2D eigenvalue weighted by Gasteiger charge is -2.24. The highest BCUT2D eigenvalue weighted by Gasteiger charge is 2.18. The van der Waals surface area contributed by atoms with Gasteiger partial charge in [0.15, 0.2) is 11.5 Å². The molecule has 25 heavy (non-hydrogen) atoms. The second-order valence-electron chi connectivity index (χ2n) is 5.56. The van der Waals surface area contributed by atoms with E-state index in [0.29, 0.717) is 0 Å². The molecule has 2 heterocycles. The number of ether oxygens (including phenoxy) is 1. The third-order valence-electron chi connectivity index (χ3n) is 3.90. The van der Waals surface area contributed by atoms with Gasteiger partial charge >= 0.3 is 0 Å². The largest absolute Gasteiger partial charge is 0.453 e. The second-order valence-corrected chi connectivity index (χ2v) is 6.38. The van der Waals surface area contributed by atoms with Gasteiger partial charge in [0.1, 0.15) is 0 Å². The van der Waals surface area contributed by atoms with Gasteiger partial charge in [-0.05, 0) is 34.5 Å². The lowest BCUT2D eigenvalue weighted by Crippen LogP contribution is -2.03. The smallest absolute Gasteiger partial charge is 0.151 e. The fraction of sp³-hybridized carbons (Fsp3) is 0. The Morgan fingerprint density at radius 2 is 1.36 bits per heavy atom. The molecule has 0 atom stereocenters. The Kier molecular flexibility index (Phi) is 4.49. The maximum atomic E-state index is 5.98. The lowest BCUT2D eigenvalue weighted by atomic mass is 10.0. The van der Waals surface area contributed by atoms with E-state index in [1.165, 1.54) is 5.56 Å². The fourth-order valence-corrected chi connectivity index (χ4v) is 3.20. The number of para-hydroxylation sites is 3. The third-order valence-corrected chi connectivity index (χ3v) is 4.53. The molecule has 1 N–H and O–H groups in total. The number of hydrogen-bond donors (Lipinski definition) is 1. The number of benzene rings is 3. The van der Waals surface area contributed by atoms with Crippen molar-refractivity contribution in [3.8, 4) is 22.6 Å². The molecular weight excluding hydrogens is 326 g/mol. The topological polar surface area (TPSA) is 21.3 Å². The van der Waals surface area contributed by atoms with Crippen molar-refractivity contribution in [1.82, 2.24) is 0 Å². The summed E-state index contributed by atoms with van der Waals surface area (Å²) in [7, 11) is 0. The number of thiophene rings is 1. The number of hydrogen-bond acceptors (Lipinski definition) is 3. The molecule has 1 aliphatic heterocycles. The molecule has 122 valence electrons. The van der Waals surface area contributed by atoms with Crippen LogP contribution in [0, 0.1) is 0 Å². The van der Waals surface area contributed by atoms with Crippen LogP contribution in [-0.4, -0.2) is 0 Å². The van der Waals surface area contributed by atoms with Crippen molar-refractivity contribution in [3.63, 3.8) is 0 Å². The van der Waals surface area contributed by atoms with Crippen LogP contribution in [0.1, 0.15) is 0 Å². The molecule has 0 fully saturated rings. The normalized spacial score (nSPS) is 11.0. The molecule has 3 aromatic carbocycles. The van der Waals surface area contributed by atoms with Crippen LogP contribution in [0.2, 0.25) is 0 Å². The SMILES string of the molecule is c1ccc(-c2cccc3c2Nc2ccccc2O3)cc1.c1ccsc1. The Bertz CT molecular complexity index is 932. The fourth-order valence-electron chi connectivity index (χ4n) is 2.74. The summed E-state index contributed by atoms with van der Waals surface area (Å²) in [6, 6.07) is 28.5. The van der Waals surface area contributed by atoms with Gasteiger partial charge in [-0.15, -0.1) is 0 Å².